The number of nitrogens with zero attached hydrogens (tertiary/aromatic N) is 2. The van der Waals surface area contributed by atoms with E-state index >= 15 is 0 Å². The van der Waals surface area contributed by atoms with E-state index in [1.807, 2.05) is 12.1 Å². The summed E-state index contributed by atoms with van der Waals surface area (Å²) in [6, 6.07) is 25.5. The smallest absolute Gasteiger partial charge is 0.303 e. The van der Waals surface area contributed by atoms with Crippen LogP contribution >= 0.6 is 0 Å². The Morgan fingerprint density at radius 2 is 1.55 bits per heavy atom. The fraction of sp³-hybridized carbons (Fsp3) is 0.278. The third kappa shape index (κ3) is 4.83. The number of carboxylic acids is 1. The first kappa shape index (κ1) is 27.4. The summed E-state index contributed by atoms with van der Waals surface area (Å²) in [5.41, 5.74) is 10.7. The highest BCUT2D eigenvalue weighted by molar-refractivity contribution is 6.04. The summed E-state index contributed by atoms with van der Waals surface area (Å²) in [6.45, 7) is 9.13. The number of anilines is 1. The molecule has 204 valence electrons. The van der Waals surface area contributed by atoms with E-state index in [2.05, 4.69) is 136 Å². The molecule has 3 aromatic rings. The number of hydrogen-bond donors (Lipinski definition) is 1. The van der Waals surface area contributed by atoms with Gasteiger partial charge in [0, 0.05) is 48.0 Å². The van der Waals surface area contributed by atoms with Crippen LogP contribution in [0.5, 0.6) is 0 Å². The van der Waals surface area contributed by atoms with Crippen molar-refractivity contribution in [3.05, 3.63) is 125 Å². The molecule has 1 N–H and O–H groups in total. The molecule has 2 aliphatic rings. The summed E-state index contributed by atoms with van der Waals surface area (Å²) in [6.07, 6.45) is 9.61. The van der Waals surface area contributed by atoms with Crippen LogP contribution in [0.1, 0.15) is 56.4 Å². The zero-order chi connectivity index (χ0) is 28.7. The highest BCUT2D eigenvalue weighted by Crippen LogP contribution is 2.46. The lowest BCUT2D eigenvalue weighted by Crippen LogP contribution is -2.26. The largest absolute Gasteiger partial charge is 0.481 e. The molecule has 0 amide bonds. The number of para-hydroxylation sites is 2. The number of aliphatic carboxylic acids is 1. The summed E-state index contributed by atoms with van der Waals surface area (Å²) >= 11 is 0. The average Bonchev–Trinajstić information content (AvgIpc) is 3.26. The van der Waals surface area contributed by atoms with Crippen molar-refractivity contribution in [2.24, 2.45) is 0 Å². The molecule has 0 aliphatic carbocycles. The van der Waals surface area contributed by atoms with Gasteiger partial charge in [-0.05, 0) is 60.8 Å². The van der Waals surface area contributed by atoms with Gasteiger partial charge in [0.1, 0.15) is 7.05 Å². The van der Waals surface area contributed by atoms with Crippen LogP contribution in [0.4, 0.5) is 11.4 Å². The molecule has 4 heteroatoms. The van der Waals surface area contributed by atoms with Gasteiger partial charge < -0.3 is 10.0 Å². The number of fused-ring (bicyclic) bond motifs is 2. The van der Waals surface area contributed by atoms with Crippen LogP contribution in [0.2, 0.25) is 0 Å². The lowest BCUT2D eigenvalue weighted by atomic mass is 9.81. The molecule has 5 rings (SSSR count). The van der Waals surface area contributed by atoms with Gasteiger partial charge in [0.15, 0.2) is 5.71 Å². The topological polar surface area (TPSA) is 43.5 Å². The number of allylic oxidation sites excluding steroid dienone is 6. The normalized spacial score (nSPS) is 18.5. The second kappa shape index (κ2) is 10.4. The molecular formula is C36H39N2O2+. The van der Waals surface area contributed by atoms with Crippen molar-refractivity contribution in [3.63, 3.8) is 0 Å². The van der Waals surface area contributed by atoms with E-state index in [4.69, 9.17) is 5.11 Å². The molecule has 0 radical (unpaired) electrons. The molecule has 0 aromatic heterocycles. The van der Waals surface area contributed by atoms with Crippen molar-refractivity contribution < 1.29 is 14.5 Å². The second-order valence-corrected chi connectivity index (χ2v) is 11.9. The Morgan fingerprint density at radius 3 is 2.20 bits per heavy atom. The van der Waals surface area contributed by atoms with Gasteiger partial charge in [0.25, 0.3) is 0 Å². The van der Waals surface area contributed by atoms with Crippen molar-refractivity contribution in [1.29, 1.82) is 0 Å². The van der Waals surface area contributed by atoms with Crippen LogP contribution in [0.15, 0.2) is 103 Å². The summed E-state index contributed by atoms with van der Waals surface area (Å²) < 4.78 is 2.29. The van der Waals surface area contributed by atoms with E-state index in [-0.39, 0.29) is 17.3 Å². The van der Waals surface area contributed by atoms with E-state index < -0.39 is 5.97 Å². The molecule has 2 aliphatic heterocycles. The number of aryl methyl sites for hydroxylation is 1. The van der Waals surface area contributed by atoms with Crippen molar-refractivity contribution in [2.75, 3.05) is 19.0 Å². The lowest BCUT2D eigenvalue weighted by molar-refractivity contribution is -0.401. The maximum atomic E-state index is 11.1. The first-order valence-corrected chi connectivity index (χ1v) is 14.0. The lowest BCUT2D eigenvalue weighted by Gasteiger charge is -2.24. The van der Waals surface area contributed by atoms with E-state index in [9.17, 15) is 4.79 Å². The Bertz CT molecular complexity index is 1580. The van der Waals surface area contributed by atoms with E-state index in [1.54, 1.807) is 0 Å². The molecule has 0 saturated heterocycles. The number of likely N-dealkylation sites (N-methyl/N-ethyl adjacent to an activating group) is 1. The third-order valence-corrected chi connectivity index (χ3v) is 8.64. The van der Waals surface area contributed by atoms with Gasteiger partial charge in [0.2, 0.25) is 5.69 Å². The van der Waals surface area contributed by atoms with Crippen molar-refractivity contribution in [3.8, 4) is 0 Å². The predicted molar refractivity (Wildman–Crippen MR) is 166 cm³/mol. The average molecular weight is 532 g/mol. The molecule has 0 atom stereocenters. The Hall–Kier alpha value is -4.18. The van der Waals surface area contributed by atoms with Crippen LogP contribution in [0, 0.1) is 0 Å². The number of benzene rings is 3. The first-order chi connectivity index (χ1) is 19.0. The molecule has 2 heterocycles. The van der Waals surface area contributed by atoms with Crippen molar-refractivity contribution in [2.45, 2.75) is 51.4 Å². The van der Waals surface area contributed by atoms with Crippen LogP contribution in [-0.4, -0.2) is 35.5 Å². The Balaban J connectivity index is 1.55. The second-order valence-electron chi connectivity index (χ2n) is 11.9. The van der Waals surface area contributed by atoms with Gasteiger partial charge in [0.05, 0.1) is 5.41 Å². The minimum absolute atomic E-state index is 0.110. The van der Waals surface area contributed by atoms with E-state index in [0.29, 0.717) is 6.42 Å². The fourth-order valence-corrected chi connectivity index (χ4v) is 6.30. The molecule has 40 heavy (non-hydrogen) atoms. The van der Waals surface area contributed by atoms with Crippen LogP contribution < -0.4 is 4.90 Å². The maximum Gasteiger partial charge on any atom is 0.303 e. The zero-order valence-corrected chi connectivity index (χ0v) is 24.4. The van der Waals surface area contributed by atoms with Crippen molar-refractivity contribution >= 4 is 28.6 Å². The minimum atomic E-state index is -0.773. The summed E-state index contributed by atoms with van der Waals surface area (Å²) in [5, 5.41) is 9.09. The summed E-state index contributed by atoms with van der Waals surface area (Å²) in [7, 11) is 4.28. The van der Waals surface area contributed by atoms with Gasteiger partial charge in [-0.3, -0.25) is 4.79 Å². The highest BCUT2D eigenvalue weighted by Gasteiger charge is 2.42. The van der Waals surface area contributed by atoms with Gasteiger partial charge >= 0.3 is 5.97 Å². The number of carboxylic acid groups (broad SMARTS) is 1. The molecule has 0 saturated carbocycles. The zero-order valence-electron chi connectivity index (χ0n) is 24.4. The van der Waals surface area contributed by atoms with Crippen LogP contribution in [-0.2, 0) is 22.0 Å². The molecule has 0 unspecified atom stereocenters. The van der Waals surface area contributed by atoms with E-state index in [0.717, 1.165) is 16.7 Å². The van der Waals surface area contributed by atoms with Gasteiger partial charge in [-0.25, -0.2) is 0 Å². The fourth-order valence-electron chi connectivity index (χ4n) is 6.30. The molecule has 0 bridgehead atoms. The van der Waals surface area contributed by atoms with E-state index in [1.165, 1.54) is 33.9 Å². The molecule has 3 aromatic carbocycles. The summed E-state index contributed by atoms with van der Waals surface area (Å²) in [4.78, 5) is 13.3. The van der Waals surface area contributed by atoms with Gasteiger partial charge in [-0.2, -0.15) is 4.58 Å². The maximum absolute atomic E-state index is 11.1. The number of hydrogen-bond acceptors (Lipinski definition) is 2. The Morgan fingerprint density at radius 1 is 0.900 bits per heavy atom. The molecule has 0 spiro atoms. The summed E-state index contributed by atoms with van der Waals surface area (Å²) in [5.74, 6) is -0.773. The molecule has 4 nitrogen and oxygen atoms in total. The Kier molecular flexibility index (Phi) is 7.14. The monoisotopic (exact) mass is 531 g/mol. The Labute approximate surface area is 238 Å². The highest BCUT2D eigenvalue weighted by atomic mass is 16.4. The number of rotatable bonds is 7. The van der Waals surface area contributed by atoms with Gasteiger partial charge in [-0.1, -0.05) is 80.6 Å². The molecule has 0 fully saturated rings. The van der Waals surface area contributed by atoms with Crippen LogP contribution in [0.25, 0.3) is 5.57 Å². The predicted octanol–water partition coefficient (Wildman–Crippen LogP) is 7.66. The SMILES string of the molecule is CN1/C(=C/C=C(/C=C/C2=[N+](C)c3ccccc3C2(C)C)c2ccc(CCC(=O)O)cc2)C(C)(C)c2ccccc21. The third-order valence-electron chi connectivity index (χ3n) is 8.64. The molecular weight excluding hydrogens is 492 g/mol. The van der Waals surface area contributed by atoms with Gasteiger partial charge in [-0.15, -0.1) is 0 Å². The minimum Gasteiger partial charge on any atom is -0.481 e. The standard InChI is InChI=1S/C36H38N2O2/c1-35(2)28-11-7-9-13-30(28)37(5)32(35)22-20-27(26-18-15-25(16-19-26)17-24-34(39)40)21-23-33-36(3,4)29-12-8-10-14-31(29)38(33)6/h7-16,18-23H,17,24H2,1-6H3/p+1. The van der Waals surface area contributed by atoms with Crippen molar-refractivity contribution in [1.82, 2.24) is 0 Å². The quantitative estimate of drug-likeness (QED) is 0.251. The number of carbonyl (C=O) groups is 1. The van der Waals surface area contributed by atoms with Crippen LogP contribution in [0.3, 0.4) is 0 Å². The first-order valence-electron chi connectivity index (χ1n) is 14.0.